The highest BCUT2D eigenvalue weighted by molar-refractivity contribution is 7.91. The first-order valence-corrected chi connectivity index (χ1v) is 9.03. The second kappa shape index (κ2) is 5.19. The summed E-state index contributed by atoms with van der Waals surface area (Å²) in [7, 11) is -3.37. The van der Waals surface area contributed by atoms with Gasteiger partial charge in [0.15, 0.2) is 5.82 Å². The summed E-state index contributed by atoms with van der Waals surface area (Å²) < 4.78 is 31.9. The molecule has 0 spiro atoms. The minimum atomic E-state index is -3.37. The molecule has 0 atom stereocenters. The molecule has 1 aliphatic heterocycles. The molecule has 0 aliphatic carbocycles. The van der Waals surface area contributed by atoms with Crippen LogP contribution in [-0.4, -0.2) is 36.0 Å². The molecule has 0 amide bonds. The van der Waals surface area contributed by atoms with Crippen LogP contribution in [0.1, 0.15) is 42.3 Å². The van der Waals surface area contributed by atoms with Crippen LogP contribution in [-0.2, 0) is 10.0 Å². The lowest BCUT2D eigenvalue weighted by molar-refractivity contribution is 0.217. The standard InChI is InChI=1S/C13H17N3O3S2/c1-8(2)12-14-13(19-15-12)10-6-16(7-10)21(17,18)11-5-4-9(3)20-11/h4-5,8,10H,6-7H2,1-3H3. The van der Waals surface area contributed by atoms with Gasteiger partial charge in [-0.2, -0.15) is 9.29 Å². The number of nitrogens with zero attached hydrogens (tertiary/aromatic N) is 3. The summed E-state index contributed by atoms with van der Waals surface area (Å²) in [5.41, 5.74) is 0. The Morgan fingerprint density at radius 2 is 2.10 bits per heavy atom. The van der Waals surface area contributed by atoms with E-state index in [1.165, 1.54) is 15.6 Å². The average molecular weight is 327 g/mol. The van der Waals surface area contributed by atoms with Gasteiger partial charge in [0.2, 0.25) is 5.89 Å². The lowest BCUT2D eigenvalue weighted by Gasteiger charge is -2.35. The first-order chi connectivity index (χ1) is 9.88. The van der Waals surface area contributed by atoms with Crippen molar-refractivity contribution in [3.63, 3.8) is 0 Å². The molecule has 114 valence electrons. The van der Waals surface area contributed by atoms with Crippen molar-refractivity contribution >= 4 is 21.4 Å². The van der Waals surface area contributed by atoms with Crippen molar-refractivity contribution in [2.24, 2.45) is 0 Å². The van der Waals surface area contributed by atoms with E-state index in [4.69, 9.17) is 4.52 Å². The van der Waals surface area contributed by atoms with Crippen LogP contribution in [0, 0.1) is 6.92 Å². The fourth-order valence-electron chi connectivity index (χ4n) is 2.12. The Labute approximate surface area is 127 Å². The second-order valence-electron chi connectivity index (χ2n) is 5.53. The fourth-order valence-corrected chi connectivity index (χ4v) is 5.08. The lowest BCUT2D eigenvalue weighted by Crippen LogP contribution is -2.48. The number of sulfonamides is 1. The second-order valence-corrected chi connectivity index (χ2v) is 8.98. The van der Waals surface area contributed by atoms with Crippen molar-refractivity contribution in [1.29, 1.82) is 0 Å². The van der Waals surface area contributed by atoms with Gasteiger partial charge in [0.05, 0.1) is 5.92 Å². The molecule has 3 rings (SSSR count). The molecule has 3 heterocycles. The quantitative estimate of drug-likeness (QED) is 0.861. The zero-order valence-corrected chi connectivity index (χ0v) is 13.7. The van der Waals surface area contributed by atoms with Gasteiger partial charge in [0.1, 0.15) is 4.21 Å². The van der Waals surface area contributed by atoms with Crippen molar-refractivity contribution in [3.05, 3.63) is 28.7 Å². The van der Waals surface area contributed by atoms with Crippen molar-refractivity contribution in [1.82, 2.24) is 14.4 Å². The SMILES string of the molecule is Cc1ccc(S(=O)(=O)N2CC(c3nc(C(C)C)no3)C2)s1. The summed E-state index contributed by atoms with van der Waals surface area (Å²) in [6.07, 6.45) is 0. The third kappa shape index (κ3) is 2.63. The molecule has 0 N–H and O–H groups in total. The molecule has 1 fully saturated rings. The summed E-state index contributed by atoms with van der Waals surface area (Å²) in [5, 5.41) is 3.92. The maximum Gasteiger partial charge on any atom is 0.252 e. The predicted molar refractivity (Wildman–Crippen MR) is 78.9 cm³/mol. The number of aryl methyl sites for hydroxylation is 1. The molecular formula is C13H17N3O3S2. The van der Waals surface area contributed by atoms with E-state index in [9.17, 15) is 8.42 Å². The normalized spacial score (nSPS) is 17.3. The van der Waals surface area contributed by atoms with E-state index in [1.807, 2.05) is 26.8 Å². The zero-order valence-electron chi connectivity index (χ0n) is 12.1. The third-order valence-corrected chi connectivity index (χ3v) is 6.78. The van der Waals surface area contributed by atoms with Crippen molar-refractivity contribution in [2.45, 2.75) is 36.8 Å². The molecule has 0 bridgehead atoms. The third-order valence-electron chi connectivity index (χ3n) is 3.48. The van der Waals surface area contributed by atoms with E-state index >= 15 is 0 Å². The Kier molecular flexibility index (Phi) is 3.62. The van der Waals surface area contributed by atoms with E-state index in [-0.39, 0.29) is 11.8 Å². The molecule has 0 saturated carbocycles. The molecule has 2 aromatic heterocycles. The first kappa shape index (κ1) is 14.7. The molecule has 6 nitrogen and oxygen atoms in total. The Hall–Kier alpha value is -1.25. The van der Waals surface area contributed by atoms with Crippen LogP contribution in [0.25, 0.3) is 0 Å². The highest BCUT2D eigenvalue weighted by Crippen LogP contribution is 2.33. The van der Waals surface area contributed by atoms with E-state index in [2.05, 4.69) is 10.1 Å². The van der Waals surface area contributed by atoms with Gasteiger partial charge in [-0.1, -0.05) is 19.0 Å². The summed E-state index contributed by atoms with van der Waals surface area (Å²) >= 11 is 1.30. The number of hydrogen-bond donors (Lipinski definition) is 0. The topological polar surface area (TPSA) is 76.3 Å². The van der Waals surface area contributed by atoms with Gasteiger partial charge in [-0.25, -0.2) is 8.42 Å². The van der Waals surface area contributed by atoms with Crippen LogP contribution in [0.15, 0.2) is 20.9 Å². The van der Waals surface area contributed by atoms with Crippen LogP contribution in [0.4, 0.5) is 0 Å². The predicted octanol–water partition coefficient (Wildman–Crippen LogP) is 2.35. The largest absolute Gasteiger partial charge is 0.339 e. The molecule has 21 heavy (non-hydrogen) atoms. The molecule has 0 radical (unpaired) electrons. The summed E-state index contributed by atoms with van der Waals surface area (Å²) in [4.78, 5) is 5.32. The smallest absolute Gasteiger partial charge is 0.252 e. The van der Waals surface area contributed by atoms with Gasteiger partial charge in [0.25, 0.3) is 10.0 Å². The maximum absolute atomic E-state index is 12.4. The van der Waals surface area contributed by atoms with Crippen LogP contribution in [0.2, 0.25) is 0 Å². The van der Waals surface area contributed by atoms with Gasteiger partial charge < -0.3 is 4.52 Å². The number of thiophene rings is 1. The van der Waals surface area contributed by atoms with Crippen molar-refractivity contribution in [2.75, 3.05) is 13.1 Å². The maximum atomic E-state index is 12.4. The molecule has 1 saturated heterocycles. The van der Waals surface area contributed by atoms with Crippen LogP contribution < -0.4 is 0 Å². The average Bonchev–Trinajstić information content (AvgIpc) is 2.96. The number of rotatable bonds is 4. The van der Waals surface area contributed by atoms with Crippen molar-refractivity contribution < 1.29 is 12.9 Å². The monoisotopic (exact) mass is 327 g/mol. The van der Waals surface area contributed by atoms with Gasteiger partial charge in [0, 0.05) is 23.9 Å². The van der Waals surface area contributed by atoms with E-state index in [0.717, 1.165) is 4.88 Å². The van der Waals surface area contributed by atoms with E-state index in [0.29, 0.717) is 29.0 Å². The highest BCUT2D eigenvalue weighted by Gasteiger charge is 2.40. The lowest BCUT2D eigenvalue weighted by atomic mass is 10.0. The van der Waals surface area contributed by atoms with E-state index < -0.39 is 10.0 Å². The fraction of sp³-hybridized carbons (Fsp3) is 0.538. The van der Waals surface area contributed by atoms with Gasteiger partial charge >= 0.3 is 0 Å². The molecule has 1 aliphatic rings. The minimum Gasteiger partial charge on any atom is -0.339 e. The van der Waals surface area contributed by atoms with E-state index in [1.54, 1.807) is 6.07 Å². The van der Waals surface area contributed by atoms with Gasteiger partial charge in [-0.05, 0) is 19.1 Å². The van der Waals surface area contributed by atoms with Gasteiger partial charge in [-0.15, -0.1) is 11.3 Å². The zero-order chi connectivity index (χ0) is 15.2. The Bertz CT molecular complexity index is 742. The molecular weight excluding hydrogens is 310 g/mol. The van der Waals surface area contributed by atoms with Crippen LogP contribution >= 0.6 is 11.3 Å². The molecule has 0 unspecified atom stereocenters. The molecule has 8 heteroatoms. The van der Waals surface area contributed by atoms with Gasteiger partial charge in [-0.3, -0.25) is 0 Å². The first-order valence-electron chi connectivity index (χ1n) is 6.78. The Morgan fingerprint density at radius 1 is 1.38 bits per heavy atom. The minimum absolute atomic E-state index is 0.000772. The van der Waals surface area contributed by atoms with Crippen LogP contribution in [0.3, 0.4) is 0 Å². The number of aromatic nitrogens is 2. The summed E-state index contributed by atoms with van der Waals surface area (Å²) in [6.45, 7) is 6.68. The summed E-state index contributed by atoms with van der Waals surface area (Å²) in [6, 6.07) is 3.48. The van der Waals surface area contributed by atoms with Crippen LogP contribution in [0.5, 0.6) is 0 Å². The number of hydrogen-bond acceptors (Lipinski definition) is 6. The highest BCUT2D eigenvalue weighted by atomic mass is 32.2. The molecule has 0 aromatic carbocycles. The summed E-state index contributed by atoms with van der Waals surface area (Å²) in [5.74, 6) is 1.41. The Balaban J connectivity index is 1.70. The Morgan fingerprint density at radius 3 is 2.62 bits per heavy atom. The van der Waals surface area contributed by atoms with Crippen molar-refractivity contribution in [3.8, 4) is 0 Å². The molecule has 2 aromatic rings.